The summed E-state index contributed by atoms with van der Waals surface area (Å²) in [5, 5.41) is 3.81. The van der Waals surface area contributed by atoms with Gasteiger partial charge in [0, 0.05) is 45.4 Å². The van der Waals surface area contributed by atoms with E-state index in [1.54, 1.807) is 0 Å². The zero-order valence-corrected chi connectivity index (χ0v) is 11.8. The fourth-order valence-electron chi connectivity index (χ4n) is 4.02. The number of ether oxygens (including phenoxy) is 1. The number of methoxy groups -OCH3 is 1. The Morgan fingerprint density at radius 2 is 1.94 bits per heavy atom. The van der Waals surface area contributed by atoms with Gasteiger partial charge in [-0.3, -0.25) is 4.90 Å². The molecule has 1 saturated heterocycles. The zero-order valence-electron chi connectivity index (χ0n) is 11.8. The predicted octanol–water partition coefficient (Wildman–Crippen LogP) is 2.02. The molecule has 104 valence electrons. The molecule has 18 heavy (non-hydrogen) atoms. The highest BCUT2D eigenvalue weighted by molar-refractivity contribution is 5.01. The van der Waals surface area contributed by atoms with Crippen LogP contribution < -0.4 is 5.32 Å². The third kappa shape index (κ3) is 2.73. The SMILES string of the molecule is COCCC1(CN2CCNC3(CCCC3)C2)CC1. The first-order valence-corrected chi connectivity index (χ1v) is 7.72. The van der Waals surface area contributed by atoms with Crippen molar-refractivity contribution in [3.63, 3.8) is 0 Å². The summed E-state index contributed by atoms with van der Waals surface area (Å²) in [6.45, 7) is 6.00. The third-order valence-electron chi connectivity index (χ3n) is 5.37. The van der Waals surface area contributed by atoms with E-state index < -0.39 is 0 Å². The van der Waals surface area contributed by atoms with Gasteiger partial charge in [-0.1, -0.05) is 12.8 Å². The summed E-state index contributed by atoms with van der Waals surface area (Å²) >= 11 is 0. The second-order valence-electron chi connectivity index (χ2n) is 6.87. The second kappa shape index (κ2) is 5.10. The Balaban J connectivity index is 1.53. The van der Waals surface area contributed by atoms with Crippen molar-refractivity contribution >= 4 is 0 Å². The first kappa shape index (κ1) is 12.9. The van der Waals surface area contributed by atoms with E-state index in [1.807, 2.05) is 7.11 Å². The third-order valence-corrected chi connectivity index (χ3v) is 5.37. The van der Waals surface area contributed by atoms with Gasteiger partial charge in [-0.15, -0.1) is 0 Å². The zero-order chi connectivity index (χ0) is 12.5. The molecule has 3 nitrogen and oxygen atoms in total. The number of piperazine rings is 1. The van der Waals surface area contributed by atoms with Crippen LogP contribution in [0.1, 0.15) is 44.9 Å². The Labute approximate surface area is 111 Å². The average molecular weight is 252 g/mol. The molecule has 1 N–H and O–H groups in total. The van der Waals surface area contributed by atoms with E-state index in [0.717, 1.165) is 6.61 Å². The lowest BCUT2D eigenvalue weighted by Gasteiger charge is -2.43. The van der Waals surface area contributed by atoms with Crippen LogP contribution in [0.15, 0.2) is 0 Å². The number of hydrogen-bond acceptors (Lipinski definition) is 3. The molecule has 0 unspecified atom stereocenters. The topological polar surface area (TPSA) is 24.5 Å². The molecule has 1 spiro atoms. The van der Waals surface area contributed by atoms with Crippen molar-refractivity contribution in [2.45, 2.75) is 50.5 Å². The maximum Gasteiger partial charge on any atom is 0.0468 e. The fourth-order valence-corrected chi connectivity index (χ4v) is 4.02. The molecule has 0 aromatic carbocycles. The minimum absolute atomic E-state index is 0.482. The quantitative estimate of drug-likeness (QED) is 0.810. The first-order chi connectivity index (χ1) is 8.76. The number of nitrogens with zero attached hydrogens (tertiary/aromatic N) is 1. The Kier molecular flexibility index (Phi) is 3.65. The highest BCUT2D eigenvalue weighted by Crippen LogP contribution is 2.49. The maximum atomic E-state index is 5.27. The van der Waals surface area contributed by atoms with Crippen molar-refractivity contribution < 1.29 is 4.74 Å². The lowest BCUT2D eigenvalue weighted by Crippen LogP contribution is -2.59. The van der Waals surface area contributed by atoms with E-state index in [1.165, 1.54) is 71.1 Å². The molecule has 3 fully saturated rings. The molecule has 3 aliphatic rings. The number of hydrogen-bond donors (Lipinski definition) is 1. The van der Waals surface area contributed by atoms with Crippen LogP contribution in [0.3, 0.4) is 0 Å². The molecule has 0 bridgehead atoms. The van der Waals surface area contributed by atoms with Gasteiger partial charge in [0.1, 0.15) is 0 Å². The van der Waals surface area contributed by atoms with Gasteiger partial charge < -0.3 is 10.1 Å². The van der Waals surface area contributed by atoms with Gasteiger partial charge in [-0.25, -0.2) is 0 Å². The molecule has 0 radical (unpaired) electrons. The van der Waals surface area contributed by atoms with Crippen LogP contribution in [0, 0.1) is 5.41 Å². The van der Waals surface area contributed by atoms with Crippen molar-refractivity contribution in [3.05, 3.63) is 0 Å². The Morgan fingerprint density at radius 1 is 1.17 bits per heavy atom. The molecule has 0 aromatic rings. The normalized spacial score (nSPS) is 29.8. The molecule has 2 saturated carbocycles. The smallest absolute Gasteiger partial charge is 0.0468 e. The van der Waals surface area contributed by atoms with E-state index in [9.17, 15) is 0 Å². The average Bonchev–Trinajstić information content (AvgIpc) is 3.00. The fraction of sp³-hybridized carbons (Fsp3) is 1.00. The molecule has 3 rings (SSSR count). The molecular formula is C15H28N2O. The second-order valence-corrected chi connectivity index (χ2v) is 6.87. The largest absolute Gasteiger partial charge is 0.385 e. The van der Waals surface area contributed by atoms with Crippen LogP contribution in [0.4, 0.5) is 0 Å². The molecule has 0 atom stereocenters. The van der Waals surface area contributed by atoms with Crippen LogP contribution in [0.25, 0.3) is 0 Å². The lowest BCUT2D eigenvalue weighted by molar-refractivity contribution is 0.0976. The minimum atomic E-state index is 0.482. The van der Waals surface area contributed by atoms with E-state index in [-0.39, 0.29) is 0 Å². The minimum Gasteiger partial charge on any atom is -0.385 e. The molecule has 0 aromatic heterocycles. The molecule has 2 aliphatic carbocycles. The van der Waals surface area contributed by atoms with Gasteiger partial charge in [-0.05, 0) is 37.5 Å². The van der Waals surface area contributed by atoms with E-state index in [4.69, 9.17) is 4.74 Å². The van der Waals surface area contributed by atoms with E-state index in [2.05, 4.69) is 10.2 Å². The van der Waals surface area contributed by atoms with Crippen LogP contribution >= 0.6 is 0 Å². The van der Waals surface area contributed by atoms with Crippen molar-refractivity contribution in [1.29, 1.82) is 0 Å². The van der Waals surface area contributed by atoms with Gasteiger partial charge in [-0.2, -0.15) is 0 Å². The van der Waals surface area contributed by atoms with Gasteiger partial charge in [0.15, 0.2) is 0 Å². The Bertz CT molecular complexity index is 282. The van der Waals surface area contributed by atoms with E-state index in [0.29, 0.717) is 11.0 Å². The van der Waals surface area contributed by atoms with Crippen molar-refractivity contribution in [2.24, 2.45) is 5.41 Å². The molecule has 1 aliphatic heterocycles. The summed E-state index contributed by atoms with van der Waals surface area (Å²) in [7, 11) is 1.83. The Morgan fingerprint density at radius 3 is 2.61 bits per heavy atom. The van der Waals surface area contributed by atoms with Crippen LogP contribution in [-0.2, 0) is 4.74 Å². The highest BCUT2D eigenvalue weighted by atomic mass is 16.5. The van der Waals surface area contributed by atoms with E-state index >= 15 is 0 Å². The molecule has 3 heteroatoms. The maximum absolute atomic E-state index is 5.27. The van der Waals surface area contributed by atoms with Gasteiger partial charge in [0.05, 0.1) is 0 Å². The molecule has 0 amide bonds. The summed E-state index contributed by atoms with van der Waals surface area (Å²) in [5.74, 6) is 0. The van der Waals surface area contributed by atoms with Gasteiger partial charge >= 0.3 is 0 Å². The van der Waals surface area contributed by atoms with Gasteiger partial charge in [0.2, 0.25) is 0 Å². The van der Waals surface area contributed by atoms with Crippen LogP contribution in [-0.4, -0.2) is 50.3 Å². The number of nitrogens with one attached hydrogen (secondary N) is 1. The first-order valence-electron chi connectivity index (χ1n) is 7.72. The highest BCUT2D eigenvalue weighted by Gasteiger charge is 2.45. The lowest BCUT2D eigenvalue weighted by atomic mass is 9.93. The summed E-state index contributed by atoms with van der Waals surface area (Å²) < 4.78 is 5.27. The van der Waals surface area contributed by atoms with Gasteiger partial charge in [0.25, 0.3) is 0 Å². The van der Waals surface area contributed by atoms with Crippen molar-refractivity contribution in [1.82, 2.24) is 10.2 Å². The number of rotatable bonds is 5. The van der Waals surface area contributed by atoms with Crippen LogP contribution in [0.2, 0.25) is 0 Å². The summed E-state index contributed by atoms with van der Waals surface area (Å²) in [5.41, 5.74) is 1.10. The molecular weight excluding hydrogens is 224 g/mol. The van der Waals surface area contributed by atoms with Crippen molar-refractivity contribution in [3.8, 4) is 0 Å². The standard InChI is InChI=1S/C15H28N2O/c1-18-11-8-14(6-7-14)12-17-10-9-16-15(13-17)4-2-3-5-15/h16H,2-13H2,1H3. The predicted molar refractivity (Wildman–Crippen MR) is 73.8 cm³/mol. The Hall–Kier alpha value is -0.120. The monoisotopic (exact) mass is 252 g/mol. The van der Waals surface area contributed by atoms with Crippen molar-refractivity contribution in [2.75, 3.05) is 39.9 Å². The molecule has 1 heterocycles. The summed E-state index contributed by atoms with van der Waals surface area (Å²) in [6, 6.07) is 0. The summed E-state index contributed by atoms with van der Waals surface area (Å²) in [4.78, 5) is 2.74. The summed E-state index contributed by atoms with van der Waals surface area (Å²) in [6.07, 6.45) is 9.76. The van der Waals surface area contributed by atoms with Crippen LogP contribution in [0.5, 0.6) is 0 Å².